The van der Waals surface area contributed by atoms with Crippen LogP contribution in [0.2, 0.25) is 0 Å². The second-order valence-corrected chi connectivity index (χ2v) is 6.96. The molecule has 2 N–H and O–H groups in total. The van der Waals surface area contributed by atoms with E-state index >= 15 is 0 Å². The predicted molar refractivity (Wildman–Crippen MR) is 104 cm³/mol. The Balaban J connectivity index is 1.61. The predicted octanol–water partition coefficient (Wildman–Crippen LogP) is 4.85. The highest BCUT2D eigenvalue weighted by atomic mass is 14.9. The van der Waals surface area contributed by atoms with Gasteiger partial charge in [-0.2, -0.15) is 0 Å². The van der Waals surface area contributed by atoms with Crippen LogP contribution in [-0.4, -0.2) is 23.1 Å². The number of H-pyrrole nitrogens is 1. The van der Waals surface area contributed by atoms with Crippen LogP contribution in [0.3, 0.4) is 0 Å². The molecule has 0 unspecified atom stereocenters. The van der Waals surface area contributed by atoms with E-state index in [1.807, 2.05) is 18.5 Å². The number of fused-ring (bicyclic) bond motifs is 3. The number of nitrogens with zero attached hydrogens (tertiary/aromatic N) is 1. The minimum Gasteiger partial charge on any atom is -0.354 e. The second kappa shape index (κ2) is 6.01. The average Bonchev–Trinajstić information content (AvgIpc) is 3.06. The Hall–Kier alpha value is -2.65. The summed E-state index contributed by atoms with van der Waals surface area (Å²) in [6.07, 6.45) is 6.20. The van der Waals surface area contributed by atoms with Gasteiger partial charge in [-0.1, -0.05) is 24.3 Å². The molecule has 0 amide bonds. The molecule has 0 atom stereocenters. The van der Waals surface area contributed by atoms with Gasteiger partial charge >= 0.3 is 0 Å². The Kier molecular flexibility index (Phi) is 3.53. The highest BCUT2D eigenvalue weighted by molar-refractivity contribution is 6.08. The first-order valence-electron chi connectivity index (χ1n) is 9.05. The van der Waals surface area contributed by atoms with E-state index in [-0.39, 0.29) is 0 Å². The Morgan fingerprint density at radius 3 is 2.60 bits per heavy atom. The molecule has 3 heteroatoms. The van der Waals surface area contributed by atoms with Crippen molar-refractivity contribution >= 4 is 21.8 Å². The van der Waals surface area contributed by atoms with Crippen molar-refractivity contribution in [2.75, 3.05) is 13.1 Å². The summed E-state index contributed by atoms with van der Waals surface area (Å²) in [7, 11) is 0. The van der Waals surface area contributed by atoms with Gasteiger partial charge in [0.1, 0.15) is 0 Å². The van der Waals surface area contributed by atoms with E-state index in [1.165, 1.54) is 45.8 Å². The van der Waals surface area contributed by atoms with Crippen LogP contribution >= 0.6 is 0 Å². The standard InChI is InChI=1S/C22H21N3/c1-2-18(14-24-9-1)17-3-5-19-20-12-16(15-7-10-23-11-8-15)4-6-21(20)25-22(19)13-17/h1-6,9,12-15,23,25H,7-8,10-11H2. The summed E-state index contributed by atoms with van der Waals surface area (Å²) in [6.45, 7) is 2.26. The molecule has 0 saturated carbocycles. The first-order valence-corrected chi connectivity index (χ1v) is 9.05. The molecule has 124 valence electrons. The lowest BCUT2D eigenvalue weighted by molar-refractivity contribution is 0.460. The van der Waals surface area contributed by atoms with E-state index in [1.54, 1.807) is 0 Å². The molecule has 2 aromatic heterocycles. The molecule has 1 fully saturated rings. The van der Waals surface area contributed by atoms with Gasteiger partial charge in [0.2, 0.25) is 0 Å². The van der Waals surface area contributed by atoms with Gasteiger partial charge < -0.3 is 10.3 Å². The number of benzene rings is 2. The topological polar surface area (TPSA) is 40.7 Å². The Labute approximate surface area is 147 Å². The first kappa shape index (κ1) is 14.7. The Bertz CT molecular complexity index is 1030. The van der Waals surface area contributed by atoms with Crippen molar-refractivity contribution in [3.05, 3.63) is 66.5 Å². The fourth-order valence-electron chi connectivity index (χ4n) is 4.04. The lowest BCUT2D eigenvalue weighted by Gasteiger charge is -2.23. The third-order valence-corrected chi connectivity index (χ3v) is 5.43. The first-order chi connectivity index (χ1) is 12.4. The second-order valence-electron chi connectivity index (χ2n) is 6.96. The number of aromatic nitrogens is 2. The molecule has 5 rings (SSSR count). The molecule has 0 aliphatic carbocycles. The Morgan fingerprint density at radius 1 is 0.840 bits per heavy atom. The Morgan fingerprint density at radius 2 is 1.76 bits per heavy atom. The molecule has 0 spiro atoms. The van der Waals surface area contributed by atoms with Gasteiger partial charge in [-0.05, 0) is 67.2 Å². The van der Waals surface area contributed by atoms with Crippen molar-refractivity contribution in [3.8, 4) is 11.1 Å². The molecule has 1 aliphatic rings. The van der Waals surface area contributed by atoms with Crippen LogP contribution in [0, 0.1) is 0 Å². The molecular weight excluding hydrogens is 306 g/mol. The number of pyridine rings is 1. The highest BCUT2D eigenvalue weighted by Crippen LogP contribution is 2.33. The van der Waals surface area contributed by atoms with Crippen molar-refractivity contribution in [1.82, 2.24) is 15.3 Å². The van der Waals surface area contributed by atoms with E-state index in [0.717, 1.165) is 18.7 Å². The molecule has 4 aromatic rings. The molecule has 0 radical (unpaired) electrons. The minimum atomic E-state index is 0.685. The smallest absolute Gasteiger partial charge is 0.0471 e. The monoisotopic (exact) mass is 327 g/mol. The molecular formula is C22H21N3. The van der Waals surface area contributed by atoms with E-state index in [9.17, 15) is 0 Å². The number of piperidine rings is 1. The molecule has 2 aromatic carbocycles. The SMILES string of the molecule is c1cncc(-c2ccc3c(c2)[nH]c2ccc(C4CCNCC4)cc23)c1. The highest BCUT2D eigenvalue weighted by Gasteiger charge is 2.16. The van der Waals surface area contributed by atoms with E-state index < -0.39 is 0 Å². The van der Waals surface area contributed by atoms with Gasteiger partial charge in [-0.15, -0.1) is 0 Å². The van der Waals surface area contributed by atoms with Crippen LogP contribution in [0.25, 0.3) is 32.9 Å². The number of hydrogen-bond donors (Lipinski definition) is 2. The maximum absolute atomic E-state index is 4.23. The van der Waals surface area contributed by atoms with Crippen LogP contribution < -0.4 is 5.32 Å². The summed E-state index contributed by atoms with van der Waals surface area (Å²) in [5.41, 5.74) is 6.24. The third kappa shape index (κ3) is 2.61. The maximum atomic E-state index is 4.23. The zero-order valence-corrected chi connectivity index (χ0v) is 14.1. The van der Waals surface area contributed by atoms with E-state index in [2.05, 4.69) is 57.7 Å². The van der Waals surface area contributed by atoms with E-state index in [4.69, 9.17) is 0 Å². The third-order valence-electron chi connectivity index (χ3n) is 5.43. The fourth-order valence-corrected chi connectivity index (χ4v) is 4.04. The van der Waals surface area contributed by atoms with Crippen LogP contribution in [-0.2, 0) is 0 Å². The maximum Gasteiger partial charge on any atom is 0.0471 e. The summed E-state index contributed by atoms with van der Waals surface area (Å²) in [4.78, 5) is 7.82. The summed E-state index contributed by atoms with van der Waals surface area (Å²) in [5, 5.41) is 6.10. The molecule has 1 saturated heterocycles. The van der Waals surface area contributed by atoms with Gasteiger partial charge in [0.05, 0.1) is 0 Å². The molecule has 3 heterocycles. The zero-order valence-electron chi connectivity index (χ0n) is 14.1. The molecule has 0 bridgehead atoms. The lowest BCUT2D eigenvalue weighted by atomic mass is 9.89. The molecule has 3 nitrogen and oxygen atoms in total. The number of aromatic amines is 1. The van der Waals surface area contributed by atoms with Crippen LogP contribution in [0.5, 0.6) is 0 Å². The van der Waals surface area contributed by atoms with Crippen molar-refractivity contribution in [2.24, 2.45) is 0 Å². The van der Waals surface area contributed by atoms with Gasteiger partial charge in [-0.3, -0.25) is 4.98 Å². The summed E-state index contributed by atoms with van der Waals surface area (Å²) >= 11 is 0. The van der Waals surface area contributed by atoms with Gasteiger partial charge in [0, 0.05) is 39.8 Å². The van der Waals surface area contributed by atoms with Crippen molar-refractivity contribution in [2.45, 2.75) is 18.8 Å². The summed E-state index contributed by atoms with van der Waals surface area (Å²) in [5.74, 6) is 0.685. The van der Waals surface area contributed by atoms with Crippen molar-refractivity contribution in [1.29, 1.82) is 0 Å². The van der Waals surface area contributed by atoms with Crippen molar-refractivity contribution < 1.29 is 0 Å². The largest absolute Gasteiger partial charge is 0.354 e. The normalized spacial score (nSPS) is 15.8. The summed E-state index contributed by atoms with van der Waals surface area (Å²) < 4.78 is 0. The quantitative estimate of drug-likeness (QED) is 0.552. The molecule has 1 aliphatic heterocycles. The van der Waals surface area contributed by atoms with Gasteiger partial charge in [0.25, 0.3) is 0 Å². The minimum absolute atomic E-state index is 0.685. The van der Waals surface area contributed by atoms with Gasteiger partial charge in [0.15, 0.2) is 0 Å². The zero-order chi connectivity index (χ0) is 16.6. The van der Waals surface area contributed by atoms with Crippen LogP contribution in [0.1, 0.15) is 24.3 Å². The van der Waals surface area contributed by atoms with E-state index in [0.29, 0.717) is 5.92 Å². The number of hydrogen-bond acceptors (Lipinski definition) is 2. The average molecular weight is 327 g/mol. The van der Waals surface area contributed by atoms with Crippen molar-refractivity contribution in [3.63, 3.8) is 0 Å². The number of rotatable bonds is 2. The fraction of sp³-hybridized carbons (Fsp3) is 0.227. The van der Waals surface area contributed by atoms with Gasteiger partial charge in [-0.25, -0.2) is 0 Å². The molecule has 25 heavy (non-hydrogen) atoms. The lowest BCUT2D eigenvalue weighted by Crippen LogP contribution is -2.26. The van der Waals surface area contributed by atoms with Crippen LogP contribution in [0.15, 0.2) is 60.9 Å². The number of nitrogens with one attached hydrogen (secondary N) is 2. The van der Waals surface area contributed by atoms with Crippen LogP contribution in [0.4, 0.5) is 0 Å². The summed E-state index contributed by atoms with van der Waals surface area (Å²) in [6, 6.07) is 17.7.